The number of nitrogens with zero attached hydrogens (tertiary/aromatic N) is 3. The highest BCUT2D eigenvalue weighted by molar-refractivity contribution is 5.98. The fourth-order valence-electron chi connectivity index (χ4n) is 1.92. The molecule has 0 saturated carbocycles. The second kappa shape index (κ2) is 4.81. The molecule has 8 heteroatoms. The Bertz CT molecular complexity index is 498. The van der Waals surface area contributed by atoms with Gasteiger partial charge in [0, 0.05) is 13.1 Å². The Labute approximate surface area is 110 Å². The van der Waals surface area contributed by atoms with Crippen LogP contribution in [0.2, 0.25) is 0 Å². The summed E-state index contributed by atoms with van der Waals surface area (Å²) in [5.41, 5.74) is 1.61. The van der Waals surface area contributed by atoms with Gasteiger partial charge in [-0.1, -0.05) is 0 Å². The average Bonchev–Trinajstić information content (AvgIpc) is 2.41. The number of hydrazine groups is 1. The van der Waals surface area contributed by atoms with Gasteiger partial charge in [-0.15, -0.1) is 10.2 Å². The largest absolute Gasteiger partial charge is 0.352 e. The summed E-state index contributed by atoms with van der Waals surface area (Å²) in [5.74, 6) is 5.04. The lowest BCUT2D eigenvalue weighted by molar-refractivity contribution is -0.133. The number of carbonyl (C=O) groups excluding carboxylic acids is 2. The van der Waals surface area contributed by atoms with E-state index in [9.17, 15) is 9.59 Å². The molecule has 1 aliphatic rings. The number of nitrogens with one attached hydrogen (secondary N) is 2. The lowest BCUT2D eigenvalue weighted by Gasteiger charge is -2.40. The summed E-state index contributed by atoms with van der Waals surface area (Å²) < 4.78 is 0. The molecule has 0 unspecified atom stereocenters. The van der Waals surface area contributed by atoms with Crippen molar-refractivity contribution in [3.8, 4) is 0 Å². The van der Waals surface area contributed by atoms with Crippen molar-refractivity contribution in [1.29, 1.82) is 0 Å². The van der Waals surface area contributed by atoms with Crippen LogP contribution in [0.25, 0.3) is 0 Å². The maximum absolute atomic E-state index is 12.4. The molecule has 0 radical (unpaired) electrons. The molecule has 8 nitrogen and oxygen atoms in total. The topological polar surface area (TPSA) is 113 Å². The van der Waals surface area contributed by atoms with Crippen molar-refractivity contribution in [3.05, 3.63) is 17.8 Å². The normalized spacial score (nSPS) is 17.8. The summed E-state index contributed by atoms with van der Waals surface area (Å²) in [6.07, 6.45) is 0. The van der Waals surface area contributed by atoms with Crippen molar-refractivity contribution in [2.45, 2.75) is 19.4 Å². The standard InChI is InChI=1S/C11H16N6O2/c1-11(2)10(19)13-5-6-17(11)9(18)7-3-4-8(14-12)16-15-7/h3-4H,5-6,12H2,1-2H3,(H,13,19)(H,14,16). The Kier molecular flexibility index (Phi) is 3.34. The summed E-state index contributed by atoms with van der Waals surface area (Å²) in [6.45, 7) is 4.27. The van der Waals surface area contributed by atoms with Gasteiger partial charge in [0.2, 0.25) is 5.91 Å². The van der Waals surface area contributed by atoms with Gasteiger partial charge in [-0.25, -0.2) is 5.84 Å². The molecule has 0 aliphatic carbocycles. The minimum absolute atomic E-state index is 0.180. The Morgan fingerprint density at radius 3 is 2.79 bits per heavy atom. The minimum Gasteiger partial charge on any atom is -0.352 e. The van der Waals surface area contributed by atoms with E-state index in [1.165, 1.54) is 11.0 Å². The van der Waals surface area contributed by atoms with E-state index in [4.69, 9.17) is 5.84 Å². The Morgan fingerprint density at radius 2 is 2.21 bits per heavy atom. The van der Waals surface area contributed by atoms with Gasteiger partial charge >= 0.3 is 0 Å². The lowest BCUT2D eigenvalue weighted by atomic mass is 9.98. The SMILES string of the molecule is CC1(C)C(=O)NCCN1C(=O)c1ccc(NN)nn1. The van der Waals surface area contributed by atoms with E-state index in [1.807, 2.05) is 0 Å². The maximum Gasteiger partial charge on any atom is 0.275 e. The zero-order chi connectivity index (χ0) is 14.0. The first-order chi connectivity index (χ1) is 8.96. The zero-order valence-electron chi connectivity index (χ0n) is 10.8. The summed E-state index contributed by atoms with van der Waals surface area (Å²) in [7, 11) is 0. The van der Waals surface area contributed by atoms with Crippen molar-refractivity contribution in [1.82, 2.24) is 20.4 Å². The molecule has 0 aromatic carbocycles. The number of aromatic nitrogens is 2. The van der Waals surface area contributed by atoms with Crippen LogP contribution in [0.5, 0.6) is 0 Å². The highest BCUT2D eigenvalue weighted by atomic mass is 16.2. The molecule has 1 fully saturated rings. The van der Waals surface area contributed by atoms with Crippen LogP contribution < -0.4 is 16.6 Å². The average molecular weight is 264 g/mol. The quantitative estimate of drug-likeness (QED) is 0.472. The molecule has 19 heavy (non-hydrogen) atoms. The van der Waals surface area contributed by atoms with Crippen molar-refractivity contribution in [2.24, 2.45) is 5.84 Å². The lowest BCUT2D eigenvalue weighted by Crippen LogP contribution is -2.63. The summed E-state index contributed by atoms with van der Waals surface area (Å²) in [5, 5.41) is 10.3. The monoisotopic (exact) mass is 264 g/mol. The number of anilines is 1. The van der Waals surface area contributed by atoms with Crippen molar-refractivity contribution < 1.29 is 9.59 Å². The van der Waals surface area contributed by atoms with E-state index in [-0.39, 0.29) is 17.5 Å². The van der Waals surface area contributed by atoms with Gasteiger partial charge in [-0.3, -0.25) is 9.59 Å². The van der Waals surface area contributed by atoms with E-state index in [0.29, 0.717) is 18.9 Å². The number of rotatable bonds is 2. The van der Waals surface area contributed by atoms with Crippen LogP contribution in [0.1, 0.15) is 24.3 Å². The Balaban J connectivity index is 2.24. The van der Waals surface area contributed by atoms with Crippen molar-refractivity contribution >= 4 is 17.6 Å². The van der Waals surface area contributed by atoms with E-state index >= 15 is 0 Å². The van der Waals surface area contributed by atoms with Gasteiger partial charge < -0.3 is 15.6 Å². The van der Waals surface area contributed by atoms with Crippen LogP contribution in [0, 0.1) is 0 Å². The molecule has 0 spiro atoms. The number of amides is 2. The van der Waals surface area contributed by atoms with E-state index in [2.05, 4.69) is 20.9 Å². The van der Waals surface area contributed by atoms with Crippen LogP contribution in [0.4, 0.5) is 5.82 Å². The van der Waals surface area contributed by atoms with Crippen LogP contribution in [-0.4, -0.2) is 45.5 Å². The third-order valence-corrected chi connectivity index (χ3v) is 3.13. The molecule has 1 aromatic heterocycles. The highest BCUT2D eigenvalue weighted by Gasteiger charge is 2.41. The molecule has 1 saturated heterocycles. The highest BCUT2D eigenvalue weighted by Crippen LogP contribution is 2.20. The van der Waals surface area contributed by atoms with Gasteiger partial charge in [0.05, 0.1) is 0 Å². The number of nitrogens with two attached hydrogens (primary N) is 1. The Hall–Kier alpha value is -2.22. The molecule has 2 heterocycles. The van der Waals surface area contributed by atoms with Gasteiger partial charge in [0.25, 0.3) is 5.91 Å². The molecule has 4 N–H and O–H groups in total. The van der Waals surface area contributed by atoms with E-state index in [1.54, 1.807) is 19.9 Å². The predicted octanol–water partition coefficient (Wildman–Crippen LogP) is -0.887. The fourth-order valence-corrected chi connectivity index (χ4v) is 1.92. The number of hydrogen-bond acceptors (Lipinski definition) is 6. The molecule has 1 aromatic rings. The number of nitrogen functional groups attached to an aromatic ring is 1. The first-order valence-corrected chi connectivity index (χ1v) is 5.87. The molecular formula is C11H16N6O2. The molecule has 102 valence electrons. The van der Waals surface area contributed by atoms with Crippen LogP contribution in [0.15, 0.2) is 12.1 Å². The maximum atomic E-state index is 12.4. The summed E-state index contributed by atoms with van der Waals surface area (Å²) in [6, 6.07) is 3.07. The number of piperazine rings is 1. The molecule has 0 bridgehead atoms. The van der Waals surface area contributed by atoms with Crippen LogP contribution in [-0.2, 0) is 4.79 Å². The second-order valence-electron chi connectivity index (χ2n) is 4.72. The smallest absolute Gasteiger partial charge is 0.275 e. The zero-order valence-corrected chi connectivity index (χ0v) is 10.8. The third kappa shape index (κ3) is 2.34. The van der Waals surface area contributed by atoms with Gasteiger partial charge in [0.1, 0.15) is 5.54 Å². The number of hydrogen-bond donors (Lipinski definition) is 3. The van der Waals surface area contributed by atoms with Gasteiger partial charge in [-0.2, -0.15) is 0 Å². The number of carbonyl (C=O) groups is 2. The molecular weight excluding hydrogens is 248 g/mol. The van der Waals surface area contributed by atoms with Crippen LogP contribution >= 0.6 is 0 Å². The van der Waals surface area contributed by atoms with Gasteiger partial charge in [0.15, 0.2) is 11.5 Å². The first kappa shape index (κ1) is 13.2. The molecule has 1 aliphatic heterocycles. The van der Waals surface area contributed by atoms with Crippen LogP contribution in [0.3, 0.4) is 0 Å². The summed E-state index contributed by atoms with van der Waals surface area (Å²) in [4.78, 5) is 25.6. The molecule has 0 atom stereocenters. The third-order valence-electron chi connectivity index (χ3n) is 3.13. The van der Waals surface area contributed by atoms with E-state index < -0.39 is 5.54 Å². The minimum atomic E-state index is -0.901. The summed E-state index contributed by atoms with van der Waals surface area (Å²) >= 11 is 0. The molecule has 2 rings (SSSR count). The molecule has 2 amide bonds. The van der Waals surface area contributed by atoms with Crippen molar-refractivity contribution in [3.63, 3.8) is 0 Å². The fraction of sp³-hybridized carbons (Fsp3) is 0.455. The van der Waals surface area contributed by atoms with Crippen molar-refractivity contribution in [2.75, 3.05) is 18.5 Å². The van der Waals surface area contributed by atoms with Gasteiger partial charge in [-0.05, 0) is 26.0 Å². The first-order valence-electron chi connectivity index (χ1n) is 5.87. The second-order valence-corrected chi connectivity index (χ2v) is 4.72. The van der Waals surface area contributed by atoms with E-state index in [0.717, 1.165) is 0 Å². The Morgan fingerprint density at radius 1 is 1.47 bits per heavy atom. The predicted molar refractivity (Wildman–Crippen MR) is 68.0 cm³/mol.